The molecule has 0 aliphatic carbocycles. The predicted octanol–water partition coefficient (Wildman–Crippen LogP) is 4.44. The minimum Gasteiger partial charge on any atom is -0.497 e. The van der Waals surface area contributed by atoms with E-state index in [0.717, 1.165) is 11.4 Å². The van der Waals surface area contributed by atoms with E-state index in [-0.39, 0.29) is 5.91 Å². The zero-order valence-electron chi connectivity index (χ0n) is 18.6. The fourth-order valence-corrected chi connectivity index (χ4v) is 4.19. The molecular weight excluding hydrogens is 410 g/mol. The molecule has 1 heterocycles. The van der Waals surface area contributed by atoms with Crippen LogP contribution in [0, 0.1) is 13.8 Å². The molecule has 3 aromatic rings. The van der Waals surface area contributed by atoms with Crippen molar-refractivity contribution < 1.29 is 14.3 Å². The van der Waals surface area contributed by atoms with Gasteiger partial charge in [-0.1, -0.05) is 6.07 Å². The van der Waals surface area contributed by atoms with Gasteiger partial charge in [-0.15, -0.1) is 11.8 Å². The topological polar surface area (TPSA) is 65.4 Å². The van der Waals surface area contributed by atoms with E-state index in [1.165, 1.54) is 16.0 Å². The minimum absolute atomic E-state index is 0.0360. The zero-order valence-corrected chi connectivity index (χ0v) is 19.5. The van der Waals surface area contributed by atoms with Crippen LogP contribution >= 0.6 is 11.8 Å². The highest BCUT2D eigenvalue weighted by Gasteiger charge is 2.22. The van der Waals surface area contributed by atoms with Crippen LogP contribution in [0.15, 0.2) is 53.7 Å². The molecule has 0 bridgehead atoms. The second kappa shape index (κ2) is 10.4. The van der Waals surface area contributed by atoms with Crippen molar-refractivity contribution in [1.82, 2.24) is 14.9 Å². The smallest absolute Gasteiger partial charge is 0.221 e. The number of imidazole rings is 1. The van der Waals surface area contributed by atoms with E-state index in [4.69, 9.17) is 9.47 Å². The van der Waals surface area contributed by atoms with E-state index in [2.05, 4.69) is 42.3 Å². The Labute approximate surface area is 188 Å². The summed E-state index contributed by atoms with van der Waals surface area (Å²) in [5.41, 5.74) is 3.38. The van der Waals surface area contributed by atoms with Gasteiger partial charge in [0.25, 0.3) is 0 Å². The standard InChI is InChI=1S/C24H29N3O3S/c1-16-6-7-21(12-17(16)2)31-11-8-22(28)26-23(24-25-9-10-27(24)3)18-13-19(29-4)15-20(14-18)30-5/h6-7,9-10,12-15,23H,8,11H2,1-5H3,(H,26,28). The van der Waals surface area contributed by atoms with Crippen molar-refractivity contribution >= 4 is 17.7 Å². The lowest BCUT2D eigenvalue weighted by Gasteiger charge is -2.20. The molecule has 0 fully saturated rings. The van der Waals surface area contributed by atoms with Crippen LogP contribution in [0.1, 0.15) is 35.0 Å². The molecule has 0 radical (unpaired) electrons. The Morgan fingerprint density at radius 3 is 2.39 bits per heavy atom. The molecule has 0 spiro atoms. The third-order valence-corrected chi connectivity index (χ3v) is 6.20. The van der Waals surface area contributed by atoms with Crippen molar-refractivity contribution in [1.29, 1.82) is 0 Å². The number of methoxy groups -OCH3 is 2. The summed E-state index contributed by atoms with van der Waals surface area (Å²) >= 11 is 1.69. The van der Waals surface area contributed by atoms with E-state index in [1.807, 2.05) is 29.9 Å². The van der Waals surface area contributed by atoms with E-state index in [1.54, 1.807) is 38.2 Å². The Hall–Kier alpha value is -2.93. The van der Waals surface area contributed by atoms with Gasteiger partial charge in [0.05, 0.1) is 14.2 Å². The van der Waals surface area contributed by atoms with Gasteiger partial charge in [0.2, 0.25) is 5.91 Å². The fourth-order valence-electron chi connectivity index (χ4n) is 3.25. The van der Waals surface area contributed by atoms with Crippen LogP contribution < -0.4 is 14.8 Å². The molecule has 1 atom stereocenters. The summed E-state index contributed by atoms with van der Waals surface area (Å²) in [5.74, 6) is 2.72. The van der Waals surface area contributed by atoms with Crippen LogP contribution in [0.2, 0.25) is 0 Å². The average molecular weight is 440 g/mol. The van der Waals surface area contributed by atoms with Crippen LogP contribution in [0.25, 0.3) is 0 Å². The number of carbonyl (C=O) groups is 1. The summed E-state index contributed by atoms with van der Waals surface area (Å²) in [6.45, 7) is 4.20. The van der Waals surface area contributed by atoms with Gasteiger partial charge in [-0.2, -0.15) is 0 Å². The molecule has 1 aromatic heterocycles. The molecule has 0 aliphatic heterocycles. The molecule has 6 nitrogen and oxygen atoms in total. The van der Waals surface area contributed by atoms with Crippen molar-refractivity contribution in [2.24, 2.45) is 7.05 Å². The number of rotatable bonds is 9. The second-order valence-electron chi connectivity index (χ2n) is 7.39. The second-order valence-corrected chi connectivity index (χ2v) is 8.56. The number of thioether (sulfide) groups is 1. The summed E-state index contributed by atoms with van der Waals surface area (Å²) in [4.78, 5) is 18.5. The largest absolute Gasteiger partial charge is 0.497 e. The number of carbonyl (C=O) groups excluding carboxylic acids is 1. The highest BCUT2D eigenvalue weighted by molar-refractivity contribution is 7.99. The summed E-state index contributed by atoms with van der Waals surface area (Å²) < 4.78 is 12.7. The van der Waals surface area contributed by atoms with Gasteiger partial charge < -0.3 is 19.4 Å². The first-order chi connectivity index (χ1) is 14.9. The number of hydrogen-bond donors (Lipinski definition) is 1. The van der Waals surface area contributed by atoms with Crippen LogP contribution in [0.3, 0.4) is 0 Å². The molecule has 1 amide bonds. The van der Waals surface area contributed by atoms with E-state index < -0.39 is 6.04 Å². The number of hydrogen-bond acceptors (Lipinski definition) is 5. The van der Waals surface area contributed by atoms with Gasteiger partial charge in [-0.3, -0.25) is 4.79 Å². The Morgan fingerprint density at radius 1 is 1.10 bits per heavy atom. The molecular formula is C24H29N3O3S. The van der Waals surface area contributed by atoms with Gasteiger partial charge in [0, 0.05) is 42.6 Å². The fraction of sp³-hybridized carbons (Fsp3) is 0.333. The quantitative estimate of drug-likeness (QED) is 0.499. The maximum Gasteiger partial charge on any atom is 0.221 e. The van der Waals surface area contributed by atoms with Crippen LogP contribution in [0.4, 0.5) is 0 Å². The third kappa shape index (κ3) is 5.82. The van der Waals surface area contributed by atoms with E-state index in [9.17, 15) is 4.79 Å². The summed E-state index contributed by atoms with van der Waals surface area (Å²) in [7, 11) is 5.13. The lowest BCUT2D eigenvalue weighted by atomic mass is 10.0. The van der Waals surface area contributed by atoms with Gasteiger partial charge >= 0.3 is 0 Å². The number of nitrogens with one attached hydrogen (secondary N) is 1. The van der Waals surface area contributed by atoms with Crippen molar-refractivity contribution in [2.75, 3.05) is 20.0 Å². The van der Waals surface area contributed by atoms with Crippen LogP contribution in [-0.4, -0.2) is 35.4 Å². The Kier molecular flexibility index (Phi) is 7.63. The van der Waals surface area contributed by atoms with Gasteiger partial charge in [-0.25, -0.2) is 4.98 Å². The maximum absolute atomic E-state index is 12.8. The first-order valence-corrected chi connectivity index (χ1v) is 11.1. The zero-order chi connectivity index (χ0) is 22.4. The first kappa shape index (κ1) is 22.7. The third-order valence-electron chi connectivity index (χ3n) is 5.21. The summed E-state index contributed by atoms with van der Waals surface area (Å²) in [6, 6.07) is 11.6. The van der Waals surface area contributed by atoms with Crippen molar-refractivity contribution in [3.8, 4) is 11.5 Å². The molecule has 3 rings (SSSR count). The first-order valence-electron chi connectivity index (χ1n) is 10.1. The van der Waals surface area contributed by atoms with Crippen LogP contribution in [0.5, 0.6) is 11.5 Å². The molecule has 0 aliphatic rings. The van der Waals surface area contributed by atoms with Gasteiger partial charge in [-0.05, 0) is 54.8 Å². The molecule has 164 valence electrons. The molecule has 31 heavy (non-hydrogen) atoms. The van der Waals surface area contributed by atoms with Crippen LogP contribution in [-0.2, 0) is 11.8 Å². The maximum atomic E-state index is 12.8. The minimum atomic E-state index is -0.414. The summed E-state index contributed by atoms with van der Waals surface area (Å²) in [6.07, 6.45) is 3.99. The average Bonchev–Trinajstić information content (AvgIpc) is 3.19. The van der Waals surface area contributed by atoms with Crippen molar-refractivity contribution in [3.63, 3.8) is 0 Å². The lowest BCUT2D eigenvalue weighted by Crippen LogP contribution is -2.31. The van der Waals surface area contributed by atoms with E-state index >= 15 is 0 Å². The Bertz CT molecular complexity index is 1030. The molecule has 1 N–H and O–H groups in total. The molecule has 0 saturated heterocycles. The number of aromatic nitrogens is 2. The monoisotopic (exact) mass is 439 g/mol. The van der Waals surface area contributed by atoms with E-state index in [0.29, 0.717) is 23.7 Å². The Balaban J connectivity index is 1.74. The predicted molar refractivity (Wildman–Crippen MR) is 124 cm³/mol. The molecule has 2 aromatic carbocycles. The number of benzene rings is 2. The normalized spacial score (nSPS) is 11.8. The number of amides is 1. The summed E-state index contributed by atoms with van der Waals surface area (Å²) in [5, 5.41) is 3.14. The highest BCUT2D eigenvalue weighted by Crippen LogP contribution is 2.30. The number of nitrogens with zero attached hydrogens (tertiary/aromatic N) is 2. The number of aryl methyl sites for hydroxylation is 3. The van der Waals surface area contributed by atoms with Crippen molar-refractivity contribution in [3.05, 3.63) is 71.3 Å². The highest BCUT2D eigenvalue weighted by atomic mass is 32.2. The van der Waals surface area contributed by atoms with Crippen molar-refractivity contribution in [2.45, 2.75) is 31.2 Å². The number of ether oxygens (including phenoxy) is 2. The molecule has 1 unspecified atom stereocenters. The SMILES string of the molecule is COc1cc(OC)cc(C(NC(=O)CCSc2ccc(C)c(C)c2)c2nccn2C)c1. The Morgan fingerprint density at radius 2 is 1.81 bits per heavy atom. The van der Waals surface area contributed by atoms with Gasteiger partial charge in [0.15, 0.2) is 0 Å². The van der Waals surface area contributed by atoms with Gasteiger partial charge in [0.1, 0.15) is 23.4 Å². The molecule has 0 saturated carbocycles. The molecule has 7 heteroatoms. The lowest BCUT2D eigenvalue weighted by molar-refractivity contribution is -0.121.